The van der Waals surface area contributed by atoms with Crippen LogP contribution in [0.4, 0.5) is 18.9 Å². The number of aromatic nitrogens is 1. The van der Waals surface area contributed by atoms with E-state index in [0.717, 1.165) is 12.1 Å². The van der Waals surface area contributed by atoms with Crippen LogP contribution in [-0.4, -0.2) is 16.7 Å². The number of H-pyrrole nitrogens is 1. The second-order valence-corrected chi connectivity index (χ2v) is 5.51. The topological polar surface area (TPSA) is 62.0 Å². The molecule has 0 fully saturated rings. The Morgan fingerprint density at radius 2 is 1.72 bits per heavy atom. The Balaban J connectivity index is 2.19. The Labute approximate surface area is 140 Å². The maximum Gasteiger partial charge on any atom is 0.416 e. The predicted octanol–water partition coefficient (Wildman–Crippen LogP) is 4.38. The minimum Gasteiger partial charge on any atom is -0.350 e. The van der Waals surface area contributed by atoms with Crippen molar-refractivity contribution < 1.29 is 22.8 Å². The van der Waals surface area contributed by atoms with Gasteiger partial charge in [0, 0.05) is 23.4 Å². The molecule has 7 heteroatoms. The number of carbonyl (C=O) groups excluding carboxylic acids is 2. The predicted molar refractivity (Wildman–Crippen MR) is 87.5 cm³/mol. The first-order valence-corrected chi connectivity index (χ1v) is 7.37. The zero-order valence-electron chi connectivity index (χ0n) is 13.1. The summed E-state index contributed by atoms with van der Waals surface area (Å²) in [5.41, 5.74) is -0.148. The van der Waals surface area contributed by atoms with Gasteiger partial charge in [-0.15, -0.1) is 0 Å². The van der Waals surface area contributed by atoms with Crippen LogP contribution < -0.4 is 5.32 Å². The zero-order valence-corrected chi connectivity index (χ0v) is 13.1. The summed E-state index contributed by atoms with van der Waals surface area (Å²) in [6.07, 6.45) is -4.50. The maximum atomic E-state index is 12.9. The molecule has 3 rings (SSSR count). The number of anilines is 1. The van der Waals surface area contributed by atoms with E-state index in [1.165, 1.54) is 13.0 Å². The third-order valence-corrected chi connectivity index (χ3v) is 3.69. The van der Waals surface area contributed by atoms with Crippen molar-refractivity contribution in [2.24, 2.45) is 0 Å². The molecule has 0 aliphatic rings. The van der Waals surface area contributed by atoms with Crippen molar-refractivity contribution in [2.45, 2.75) is 13.1 Å². The summed E-state index contributed by atoms with van der Waals surface area (Å²) in [5, 5.41) is 2.87. The summed E-state index contributed by atoms with van der Waals surface area (Å²) in [6, 6.07) is 11.3. The number of halogens is 3. The summed E-state index contributed by atoms with van der Waals surface area (Å²) < 4.78 is 38.7. The number of amides is 1. The van der Waals surface area contributed by atoms with E-state index in [9.17, 15) is 22.8 Å². The lowest BCUT2D eigenvalue weighted by Gasteiger charge is -2.07. The van der Waals surface area contributed by atoms with Crippen LogP contribution in [0, 0.1) is 0 Å². The smallest absolute Gasteiger partial charge is 0.350 e. The molecular weight excluding hydrogens is 333 g/mol. The highest BCUT2D eigenvalue weighted by atomic mass is 19.4. The van der Waals surface area contributed by atoms with Crippen molar-refractivity contribution >= 4 is 28.3 Å². The third kappa shape index (κ3) is 3.26. The number of hydrogen-bond donors (Lipinski definition) is 2. The lowest BCUT2D eigenvalue weighted by atomic mass is 10.1. The molecule has 2 aromatic carbocycles. The van der Waals surface area contributed by atoms with Gasteiger partial charge in [-0.25, -0.2) is 0 Å². The fourth-order valence-corrected chi connectivity index (χ4v) is 2.58. The van der Waals surface area contributed by atoms with Crippen molar-refractivity contribution in [3.8, 4) is 0 Å². The SMILES string of the molecule is CC(=O)Nc1c(C(=O)c2ccccc2)[nH]c2cc(C(F)(F)F)ccc12. The van der Waals surface area contributed by atoms with E-state index >= 15 is 0 Å². The van der Waals surface area contributed by atoms with Crippen LogP contribution >= 0.6 is 0 Å². The van der Waals surface area contributed by atoms with Crippen LogP contribution in [0.1, 0.15) is 28.5 Å². The van der Waals surface area contributed by atoms with Crippen LogP contribution in [0.2, 0.25) is 0 Å². The molecule has 0 radical (unpaired) electrons. The second-order valence-electron chi connectivity index (χ2n) is 5.51. The Morgan fingerprint density at radius 1 is 1.04 bits per heavy atom. The fraction of sp³-hybridized carbons (Fsp3) is 0.111. The van der Waals surface area contributed by atoms with Crippen LogP contribution in [0.25, 0.3) is 10.9 Å². The molecule has 0 aliphatic carbocycles. The van der Waals surface area contributed by atoms with Gasteiger partial charge < -0.3 is 10.3 Å². The van der Waals surface area contributed by atoms with E-state index in [2.05, 4.69) is 10.3 Å². The largest absolute Gasteiger partial charge is 0.416 e. The summed E-state index contributed by atoms with van der Waals surface area (Å²) in [6.45, 7) is 1.26. The van der Waals surface area contributed by atoms with Gasteiger partial charge in [0.25, 0.3) is 0 Å². The third-order valence-electron chi connectivity index (χ3n) is 3.69. The van der Waals surface area contributed by atoms with Crippen molar-refractivity contribution in [3.63, 3.8) is 0 Å². The Morgan fingerprint density at radius 3 is 2.32 bits per heavy atom. The molecule has 25 heavy (non-hydrogen) atoms. The van der Waals surface area contributed by atoms with Gasteiger partial charge >= 0.3 is 6.18 Å². The standard InChI is InChI=1S/C18H13F3N2O2/c1-10(24)22-15-13-8-7-12(18(19,20)21)9-14(13)23-16(15)17(25)11-5-3-2-4-6-11/h2-9,23H,1H3,(H,22,24). The van der Waals surface area contributed by atoms with Gasteiger partial charge in [0.05, 0.1) is 11.3 Å². The monoisotopic (exact) mass is 346 g/mol. The first kappa shape index (κ1) is 16.8. The number of benzene rings is 2. The molecule has 2 N–H and O–H groups in total. The minimum atomic E-state index is -4.50. The second kappa shape index (κ2) is 6.08. The molecule has 1 heterocycles. The van der Waals surface area contributed by atoms with Crippen molar-refractivity contribution in [1.29, 1.82) is 0 Å². The Hall–Kier alpha value is -3.09. The number of aromatic amines is 1. The highest BCUT2D eigenvalue weighted by Crippen LogP contribution is 2.35. The number of hydrogen-bond acceptors (Lipinski definition) is 2. The van der Waals surface area contributed by atoms with E-state index in [-0.39, 0.29) is 16.9 Å². The molecular formula is C18H13F3N2O2. The lowest BCUT2D eigenvalue weighted by molar-refractivity contribution is -0.137. The molecule has 4 nitrogen and oxygen atoms in total. The number of nitrogens with one attached hydrogen (secondary N) is 2. The molecule has 3 aromatic rings. The van der Waals surface area contributed by atoms with Crippen LogP contribution in [-0.2, 0) is 11.0 Å². The van der Waals surface area contributed by atoms with Crippen molar-refractivity contribution in [1.82, 2.24) is 4.98 Å². The molecule has 1 aromatic heterocycles. The van der Waals surface area contributed by atoms with Gasteiger partial charge in [-0.05, 0) is 12.1 Å². The molecule has 0 aliphatic heterocycles. The maximum absolute atomic E-state index is 12.9. The quantitative estimate of drug-likeness (QED) is 0.692. The van der Waals surface area contributed by atoms with Crippen LogP contribution in [0.5, 0.6) is 0 Å². The van der Waals surface area contributed by atoms with E-state index in [1.807, 2.05) is 0 Å². The van der Waals surface area contributed by atoms with E-state index in [0.29, 0.717) is 10.9 Å². The summed E-state index contributed by atoms with van der Waals surface area (Å²) in [5.74, 6) is -0.850. The summed E-state index contributed by atoms with van der Waals surface area (Å²) >= 11 is 0. The molecule has 0 saturated heterocycles. The van der Waals surface area contributed by atoms with Crippen LogP contribution in [0.3, 0.4) is 0 Å². The molecule has 0 saturated carbocycles. The number of carbonyl (C=O) groups is 2. The summed E-state index contributed by atoms with van der Waals surface area (Å²) in [7, 11) is 0. The molecule has 0 spiro atoms. The van der Waals surface area contributed by atoms with Gasteiger partial charge in [-0.3, -0.25) is 9.59 Å². The number of alkyl halides is 3. The Kier molecular flexibility index (Phi) is 4.08. The first-order chi connectivity index (χ1) is 11.8. The van der Waals surface area contributed by atoms with Crippen molar-refractivity contribution in [2.75, 3.05) is 5.32 Å². The minimum absolute atomic E-state index is 0.0377. The Bertz CT molecular complexity index is 960. The van der Waals surface area contributed by atoms with Gasteiger partial charge in [0.15, 0.2) is 0 Å². The highest BCUT2D eigenvalue weighted by molar-refractivity contribution is 6.18. The van der Waals surface area contributed by atoms with Gasteiger partial charge in [-0.2, -0.15) is 13.2 Å². The molecule has 128 valence electrons. The number of fused-ring (bicyclic) bond motifs is 1. The van der Waals surface area contributed by atoms with E-state index < -0.39 is 23.4 Å². The van der Waals surface area contributed by atoms with E-state index in [1.54, 1.807) is 30.3 Å². The normalized spacial score (nSPS) is 11.5. The molecule has 0 unspecified atom stereocenters. The number of rotatable bonds is 3. The average Bonchev–Trinajstić information content (AvgIpc) is 2.91. The zero-order chi connectivity index (χ0) is 18.2. The molecule has 0 atom stereocenters. The fourth-order valence-electron chi connectivity index (χ4n) is 2.58. The van der Waals surface area contributed by atoms with Crippen molar-refractivity contribution in [3.05, 3.63) is 65.4 Å². The summed E-state index contributed by atoms with van der Waals surface area (Å²) in [4.78, 5) is 26.9. The van der Waals surface area contributed by atoms with Crippen LogP contribution in [0.15, 0.2) is 48.5 Å². The molecule has 1 amide bonds. The van der Waals surface area contributed by atoms with Gasteiger partial charge in [0.1, 0.15) is 5.69 Å². The lowest BCUT2D eigenvalue weighted by Crippen LogP contribution is -2.11. The highest BCUT2D eigenvalue weighted by Gasteiger charge is 2.31. The van der Waals surface area contributed by atoms with Gasteiger partial charge in [0.2, 0.25) is 11.7 Å². The molecule has 0 bridgehead atoms. The van der Waals surface area contributed by atoms with Gasteiger partial charge in [-0.1, -0.05) is 36.4 Å². The number of ketones is 1. The van der Waals surface area contributed by atoms with E-state index in [4.69, 9.17) is 0 Å². The average molecular weight is 346 g/mol. The first-order valence-electron chi connectivity index (χ1n) is 7.37.